The van der Waals surface area contributed by atoms with Gasteiger partial charge in [0.15, 0.2) is 12.4 Å². The summed E-state index contributed by atoms with van der Waals surface area (Å²) in [5.41, 5.74) is 3.08. The topological polar surface area (TPSA) is 74.0 Å². The van der Waals surface area contributed by atoms with Crippen molar-refractivity contribution >= 4 is 34.0 Å². The Bertz CT molecular complexity index is 1470. The second kappa shape index (κ2) is 9.41. The first-order valence-electron chi connectivity index (χ1n) is 10.8. The number of nitrogens with zero attached hydrogens (tertiary/aromatic N) is 4. The van der Waals surface area contributed by atoms with Crippen LogP contribution in [0.1, 0.15) is 21.6 Å². The van der Waals surface area contributed by atoms with Gasteiger partial charge in [-0.3, -0.25) is 9.48 Å². The molecule has 0 aliphatic rings. The van der Waals surface area contributed by atoms with Gasteiger partial charge in [0.1, 0.15) is 5.75 Å². The lowest BCUT2D eigenvalue weighted by Gasteiger charge is -2.08. The first kappa shape index (κ1) is 21.7. The minimum Gasteiger partial charge on any atom is -0.470 e. The van der Waals surface area contributed by atoms with E-state index in [2.05, 4.69) is 39.8 Å². The number of ether oxygens (including phenoxy) is 1. The number of aryl methyl sites for hydroxylation is 1. The molecule has 1 amide bonds. The van der Waals surface area contributed by atoms with Crippen LogP contribution in [-0.4, -0.2) is 25.5 Å². The van der Waals surface area contributed by atoms with E-state index in [1.165, 1.54) is 15.5 Å². The average molecular weight is 472 g/mol. The summed E-state index contributed by atoms with van der Waals surface area (Å²) < 4.78 is 9.07. The number of halogens is 1. The maximum atomic E-state index is 12.7. The van der Waals surface area contributed by atoms with Crippen molar-refractivity contribution < 1.29 is 9.53 Å². The second-order valence-corrected chi connectivity index (χ2v) is 8.37. The molecule has 2 heterocycles. The number of fused-ring (bicyclic) bond motifs is 1. The number of rotatable bonds is 7. The Kier molecular flexibility index (Phi) is 6.01. The Morgan fingerprint density at radius 3 is 2.82 bits per heavy atom. The molecule has 7 nitrogen and oxygen atoms in total. The summed E-state index contributed by atoms with van der Waals surface area (Å²) in [4.78, 5) is 12.7. The lowest BCUT2D eigenvalue weighted by Crippen LogP contribution is -2.14. The Hall–Kier alpha value is -4.10. The fraction of sp³-hybridized carbons (Fsp3) is 0.115. The molecule has 0 saturated heterocycles. The van der Waals surface area contributed by atoms with Gasteiger partial charge in [0.2, 0.25) is 0 Å². The van der Waals surface area contributed by atoms with Crippen molar-refractivity contribution in [1.29, 1.82) is 0 Å². The molecule has 8 heteroatoms. The summed E-state index contributed by atoms with van der Waals surface area (Å²) >= 11 is 6.16. The highest BCUT2D eigenvalue weighted by atomic mass is 35.5. The molecule has 5 aromatic rings. The molecule has 5 rings (SSSR count). The molecule has 0 aliphatic carbocycles. The first-order valence-corrected chi connectivity index (χ1v) is 11.2. The van der Waals surface area contributed by atoms with Crippen molar-refractivity contribution in [1.82, 2.24) is 19.6 Å². The van der Waals surface area contributed by atoms with Crippen LogP contribution in [0.15, 0.2) is 85.3 Å². The highest BCUT2D eigenvalue weighted by molar-refractivity contribution is 6.32. The van der Waals surface area contributed by atoms with Gasteiger partial charge in [-0.05, 0) is 47.0 Å². The number of amides is 1. The second-order valence-electron chi connectivity index (χ2n) is 7.97. The van der Waals surface area contributed by atoms with Crippen molar-refractivity contribution in [3.8, 4) is 5.75 Å². The van der Waals surface area contributed by atoms with E-state index < -0.39 is 0 Å². The van der Waals surface area contributed by atoms with Gasteiger partial charge < -0.3 is 10.1 Å². The molecule has 3 aromatic carbocycles. The summed E-state index contributed by atoms with van der Waals surface area (Å²) in [7, 11) is 0. The van der Waals surface area contributed by atoms with Crippen LogP contribution in [-0.2, 0) is 13.3 Å². The molecule has 0 fully saturated rings. The van der Waals surface area contributed by atoms with Crippen LogP contribution in [0.2, 0.25) is 5.02 Å². The molecule has 0 unspecified atom stereocenters. The SMILES string of the molecule is Cc1ccc(Cl)c(OCn2ccc(C(=O)Nc3cnn(Cc4cccc5ccccc45)c3)n2)c1. The monoisotopic (exact) mass is 471 g/mol. The van der Waals surface area contributed by atoms with Crippen molar-refractivity contribution in [3.63, 3.8) is 0 Å². The summed E-state index contributed by atoms with van der Waals surface area (Å²) in [6, 6.07) is 21.7. The highest BCUT2D eigenvalue weighted by Gasteiger charge is 2.12. The summed E-state index contributed by atoms with van der Waals surface area (Å²) in [6.07, 6.45) is 5.12. The van der Waals surface area contributed by atoms with Gasteiger partial charge in [0.05, 0.1) is 23.5 Å². The van der Waals surface area contributed by atoms with E-state index in [9.17, 15) is 4.79 Å². The maximum absolute atomic E-state index is 12.7. The molecule has 0 atom stereocenters. The van der Waals surface area contributed by atoms with Gasteiger partial charge >= 0.3 is 0 Å². The molecule has 0 saturated carbocycles. The summed E-state index contributed by atoms with van der Waals surface area (Å²) in [5, 5.41) is 14.4. The molecular weight excluding hydrogens is 450 g/mol. The van der Waals surface area contributed by atoms with E-state index in [1.807, 2.05) is 37.3 Å². The van der Waals surface area contributed by atoms with Gasteiger partial charge in [-0.25, -0.2) is 4.68 Å². The van der Waals surface area contributed by atoms with Crippen molar-refractivity contribution in [2.75, 3.05) is 5.32 Å². The molecule has 34 heavy (non-hydrogen) atoms. The molecule has 0 bridgehead atoms. The quantitative estimate of drug-likeness (QED) is 0.338. The van der Waals surface area contributed by atoms with Crippen LogP contribution < -0.4 is 10.1 Å². The van der Waals surface area contributed by atoms with E-state index in [1.54, 1.807) is 35.4 Å². The number of nitrogens with one attached hydrogen (secondary N) is 1. The fourth-order valence-corrected chi connectivity index (χ4v) is 3.90. The van der Waals surface area contributed by atoms with Gasteiger partial charge in [-0.15, -0.1) is 0 Å². The Morgan fingerprint density at radius 1 is 1.06 bits per heavy atom. The third-order valence-electron chi connectivity index (χ3n) is 5.42. The molecule has 0 radical (unpaired) electrons. The highest BCUT2D eigenvalue weighted by Crippen LogP contribution is 2.25. The number of anilines is 1. The normalized spacial score (nSPS) is 11.0. The average Bonchev–Trinajstić information content (AvgIpc) is 3.49. The van der Waals surface area contributed by atoms with E-state index in [4.69, 9.17) is 16.3 Å². The van der Waals surface area contributed by atoms with Crippen LogP contribution in [0.5, 0.6) is 5.75 Å². The van der Waals surface area contributed by atoms with Crippen molar-refractivity contribution in [3.05, 3.63) is 107 Å². The zero-order valence-electron chi connectivity index (χ0n) is 18.5. The third kappa shape index (κ3) is 4.79. The van der Waals surface area contributed by atoms with Gasteiger partial charge in [-0.1, -0.05) is 60.1 Å². The zero-order valence-corrected chi connectivity index (χ0v) is 19.2. The van der Waals surface area contributed by atoms with Crippen LogP contribution in [0, 0.1) is 6.92 Å². The number of aromatic nitrogens is 4. The maximum Gasteiger partial charge on any atom is 0.276 e. The first-order chi connectivity index (χ1) is 16.5. The lowest BCUT2D eigenvalue weighted by molar-refractivity contribution is 0.102. The Morgan fingerprint density at radius 2 is 1.91 bits per heavy atom. The van der Waals surface area contributed by atoms with Crippen LogP contribution in [0.25, 0.3) is 10.8 Å². The molecule has 170 valence electrons. The van der Waals surface area contributed by atoms with E-state index in [0.717, 1.165) is 11.1 Å². The molecule has 0 aliphatic heterocycles. The van der Waals surface area contributed by atoms with E-state index >= 15 is 0 Å². The van der Waals surface area contributed by atoms with Crippen LogP contribution in [0.4, 0.5) is 5.69 Å². The van der Waals surface area contributed by atoms with Crippen molar-refractivity contribution in [2.45, 2.75) is 20.2 Å². The largest absolute Gasteiger partial charge is 0.470 e. The minimum atomic E-state index is -0.322. The Balaban J connectivity index is 1.22. The zero-order chi connectivity index (χ0) is 23.5. The number of carbonyl (C=O) groups excluding carboxylic acids is 1. The van der Waals surface area contributed by atoms with E-state index in [-0.39, 0.29) is 18.3 Å². The predicted octanol–water partition coefficient (Wildman–Crippen LogP) is 5.53. The number of benzene rings is 3. The molecule has 1 N–H and O–H groups in total. The molecule has 0 spiro atoms. The summed E-state index contributed by atoms with van der Waals surface area (Å²) in [6.45, 7) is 2.70. The number of hydrogen-bond donors (Lipinski definition) is 1. The minimum absolute atomic E-state index is 0.138. The smallest absolute Gasteiger partial charge is 0.276 e. The van der Waals surface area contributed by atoms with Gasteiger partial charge in [-0.2, -0.15) is 10.2 Å². The predicted molar refractivity (Wildman–Crippen MR) is 132 cm³/mol. The van der Waals surface area contributed by atoms with Gasteiger partial charge in [0, 0.05) is 12.4 Å². The number of carbonyl (C=O) groups is 1. The lowest BCUT2D eigenvalue weighted by atomic mass is 10.0. The third-order valence-corrected chi connectivity index (χ3v) is 5.73. The van der Waals surface area contributed by atoms with Crippen LogP contribution >= 0.6 is 11.6 Å². The Labute approximate surface area is 201 Å². The standard InChI is InChI=1S/C26H22ClN5O2/c1-18-9-10-23(27)25(13-18)34-17-31-12-11-24(30-31)26(33)29-21-14-28-32(16-21)15-20-7-4-6-19-5-2-3-8-22(19)20/h2-14,16H,15,17H2,1H3,(H,29,33). The van der Waals surface area contributed by atoms with Gasteiger partial charge in [0.25, 0.3) is 5.91 Å². The van der Waals surface area contributed by atoms with Crippen molar-refractivity contribution in [2.24, 2.45) is 0 Å². The molecular formula is C26H22ClN5O2. The van der Waals surface area contributed by atoms with E-state index in [0.29, 0.717) is 23.0 Å². The summed E-state index contributed by atoms with van der Waals surface area (Å²) in [5.74, 6) is 0.249. The molecule has 2 aromatic heterocycles. The fourth-order valence-electron chi connectivity index (χ4n) is 3.73. The number of hydrogen-bond acceptors (Lipinski definition) is 4. The van der Waals surface area contributed by atoms with Crippen LogP contribution in [0.3, 0.4) is 0 Å².